The molecule has 1 aliphatic rings. The Kier molecular flexibility index (Phi) is 13.2. The van der Waals surface area contributed by atoms with Gasteiger partial charge in [0.25, 0.3) is 0 Å². The van der Waals surface area contributed by atoms with Crippen LogP contribution in [0.2, 0.25) is 0 Å². The summed E-state index contributed by atoms with van der Waals surface area (Å²) in [6.45, 7) is 5.19. The summed E-state index contributed by atoms with van der Waals surface area (Å²) in [7, 11) is 0. The Bertz CT molecular complexity index is 158. The van der Waals surface area contributed by atoms with Crippen LogP contribution in [0.4, 0.5) is 0 Å². The van der Waals surface area contributed by atoms with Crippen molar-refractivity contribution in [3.63, 3.8) is 0 Å². The molecule has 0 amide bonds. The molecule has 0 bridgehead atoms. The van der Waals surface area contributed by atoms with Gasteiger partial charge in [0, 0.05) is 0 Å². The highest BCUT2D eigenvalue weighted by atomic mass is 16.6. The summed E-state index contributed by atoms with van der Waals surface area (Å²) >= 11 is 0. The van der Waals surface area contributed by atoms with Crippen molar-refractivity contribution in [2.75, 3.05) is 13.2 Å². The molecule has 2 N–H and O–H groups in total. The number of rotatable bonds is 10. The Hall–Kier alpha value is -0.120. The Labute approximate surface area is 113 Å². The fourth-order valence-electron chi connectivity index (χ4n) is 1.70. The van der Waals surface area contributed by atoms with Crippen LogP contribution in [0.5, 0.6) is 0 Å². The second-order valence-corrected chi connectivity index (χ2v) is 5.24. The van der Waals surface area contributed by atoms with Crippen LogP contribution in [-0.2, 0) is 4.74 Å². The Morgan fingerprint density at radius 1 is 1.06 bits per heavy atom. The highest BCUT2D eigenvalue weighted by Crippen LogP contribution is 2.10. The first-order chi connectivity index (χ1) is 8.70. The molecule has 0 saturated carbocycles. The molecule has 0 aromatic heterocycles. The van der Waals surface area contributed by atoms with Gasteiger partial charge >= 0.3 is 0 Å². The predicted octanol–water partition coefficient (Wildman–Crippen LogP) is 3.28. The number of hydrogen-bond acceptors (Lipinski definition) is 3. The highest BCUT2D eigenvalue weighted by Gasteiger charge is 2.13. The van der Waals surface area contributed by atoms with Crippen LogP contribution < -0.4 is 0 Å². The van der Waals surface area contributed by atoms with Crippen molar-refractivity contribution in [3.8, 4) is 0 Å². The second-order valence-electron chi connectivity index (χ2n) is 5.24. The van der Waals surface area contributed by atoms with Gasteiger partial charge in [-0.15, -0.1) is 0 Å². The van der Waals surface area contributed by atoms with Gasteiger partial charge in [-0.1, -0.05) is 58.3 Å². The second kappa shape index (κ2) is 13.3. The molecule has 0 spiro atoms. The zero-order valence-corrected chi connectivity index (χ0v) is 12.2. The van der Waals surface area contributed by atoms with E-state index in [0.29, 0.717) is 6.10 Å². The zero-order chi connectivity index (χ0) is 13.6. The summed E-state index contributed by atoms with van der Waals surface area (Å²) in [5.74, 6) is 0. The molecule has 2 atom stereocenters. The number of unbranched alkanes of at least 4 members (excludes halogenated alkanes) is 7. The Balaban J connectivity index is 0.000000601. The fraction of sp³-hybridized carbons (Fsp3) is 1.00. The molecule has 3 heteroatoms. The average molecular weight is 260 g/mol. The van der Waals surface area contributed by atoms with E-state index in [1.165, 1.54) is 44.9 Å². The van der Waals surface area contributed by atoms with E-state index in [-0.39, 0.29) is 6.61 Å². The number of aliphatic hydroxyl groups excluding tert-OH is 2. The molecule has 1 fully saturated rings. The number of ether oxygens (including phenoxy) is 1. The Morgan fingerprint density at radius 3 is 1.89 bits per heavy atom. The van der Waals surface area contributed by atoms with E-state index in [2.05, 4.69) is 13.8 Å². The van der Waals surface area contributed by atoms with Gasteiger partial charge in [0.2, 0.25) is 0 Å². The van der Waals surface area contributed by atoms with Gasteiger partial charge < -0.3 is 14.9 Å². The van der Waals surface area contributed by atoms with Crippen molar-refractivity contribution in [1.29, 1.82) is 0 Å². The molecule has 1 rings (SSSR count). The standard InChI is InChI=1S/C12H26O2.C3H6O/c1-2-3-4-5-6-7-8-9-10-12(14)11-13;1-3-2-4-3/h12-14H,2-11H2,1H3;3H,2H2,1H3. The minimum Gasteiger partial charge on any atom is -0.394 e. The summed E-state index contributed by atoms with van der Waals surface area (Å²) in [5.41, 5.74) is 0. The lowest BCUT2D eigenvalue weighted by atomic mass is 10.1. The quantitative estimate of drug-likeness (QED) is 0.468. The molecular weight excluding hydrogens is 228 g/mol. The first kappa shape index (κ1) is 17.9. The fourth-order valence-corrected chi connectivity index (χ4v) is 1.70. The Morgan fingerprint density at radius 2 is 1.50 bits per heavy atom. The molecule has 0 aromatic carbocycles. The van der Waals surface area contributed by atoms with Crippen LogP contribution in [0.15, 0.2) is 0 Å². The number of hydrogen-bond donors (Lipinski definition) is 2. The van der Waals surface area contributed by atoms with Gasteiger partial charge in [-0.25, -0.2) is 0 Å². The van der Waals surface area contributed by atoms with Gasteiger partial charge in [0.1, 0.15) is 0 Å². The van der Waals surface area contributed by atoms with E-state index < -0.39 is 6.10 Å². The van der Waals surface area contributed by atoms with Gasteiger partial charge in [0.05, 0.1) is 25.4 Å². The summed E-state index contributed by atoms with van der Waals surface area (Å²) in [5, 5.41) is 17.7. The van der Waals surface area contributed by atoms with Crippen molar-refractivity contribution in [2.24, 2.45) is 0 Å². The van der Waals surface area contributed by atoms with Crippen molar-refractivity contribution < 1.29 is 14.9 Å². The lowest BCUT2D eigenvalue weighted by Crippen LogP contribution is -2.10. The van der Waals surface area contributed by atoms with Gasteiger partial charge in [-0.2, -0.15) is 0 Å². The average Bonchev–Trinajstić information content (AvgIpc) is 3.15. The lowest BCUT2D eigenvalue weighted by molar-refractivity contribution is 0.0860. The number of aliphatic hydroxyl groups is 2. The minimum absolute atomic E-state index is 0.0868. The van der Waals surface area contributed by atoms with Gasteiger partial charge in [0.15, 0.2) is 0 Å². The summed E-state index contributed by atoms with van der Waals surface area (Å²) in [6, 6.07) is 0. The normalized spacial score (nSPS) is 19.0. The maximum absolute atomic E-state index is 9.08. The topological polar surface area (TPSA) is 53.0 Å². The van der Waals surface area contributed by atoms with Crippen molar-refractivity contribution in [3.05, 3.63) is 0 Å². The first-order valence-corrected chi connectivity index (χ1v) is 7.61. The highest BCUT2D eigenvalue weighted by molar-refractivity contribution is 4.58. The molecule has 1 saturated heterocycles. The van der Waals surface area contributed by atoms with E-state index in [0.717, 1.165) is 19.4 Å². The third-order valence-corrected chi connectivity index (χ3v) is 3.10. The zero-order valence-electron chi connectivity index (χ0n) is 12.2. The lowest BCUT2D eigenvalue weighted by Gasteiger charge is -2.06. The molecule has 2 unspecified atom stereocenters. The maximum atomic E-state index is 9.08. The number of epoxide rings is 1. The third-order valence-electron chi connectivity index (χ3n) is 3.10. The summed E-state index contributed by atoms with van der Waals surface area (Å²) < 4.78 is 4.71. The van der Waals surface area contributed by atoms with Gasteiger partial charge in [-0.3, -0.25) is 0 Å². The minimum atomic E-state index is -0.491. The van der Waals surface area contributed by atoms with E-state index in [1.807, 2.05) is 0 Å². The van der Waals surface area contributed by atoms with Crippen LogP contribution in [0.3, 0.4) is 0 Å². The van der Waals surface area contributed by atoms with Crippen LogP contribution in [0, 0.1) is 0 Å². The molecule has 0 aliphatic carbocycles. The monoisotopic (exact) mass is 260 g/mol. The summed E-state index contributed by atoms with van der Waals surface area (Å²) in [4.78, 5) is 0. The van der Waals surface area contributed by atoms with Crippen molar-refractivity contribution >= 4 is 0 Å². The molecule has 18 heavy (non-hydrogen) atoms. The van der Waals surface area contributed by atoms with Crippen LogP contribution >= 0.6 is 0 Å². The van der Waals surface area contributed by atoms with Crippen LogP contribution in [0.25, 0.3) is 0 Å². The van der Waals surface area contributed by atoms with E-state index in [4.69, 9.17) is 14.9 Å². The van der Waals surface area contributed by atoms with E-state index >= 15 is 0 Å². The molecule has 0 radical (unpaired) electrons. The predicted molar refractivity (Wildman–Crippen MR) is 75.7 cm³/mol. The largest absolute Gasteiger partial charge is 0.394 e. The third kappa shape index (κ3) is 15.9. The summed E-state index contributed by atoms with van der Waals surface area (Å²) in [6.07, 6.45) is 11.1. The molecule has 0 aromatic rings. The molecule has 110 valence electrons. The first-order valence-electron chi connectivity index (χ1n) is 7.61. The smallest absolute Gasteiger partial charge is 0.0781 e. The van der Waals surface area contributed by atoms with E-state index in [1.54, 1.807) is 0 Å². The van der Waals surface area contributed by atoms with Crippen molar-refractivity contribution in [2.45, 2.75) is 83.8 Å². The maximum Gasteiger partial charge on any atom is 0.0781 e. The molecule has 1 heterocycles. The van der Waals surface area contributed by atoms with E-state index in [9.17, 15) is 0 Å². The van der Waals surface area contributed by atoms with Crippen LogP contribution in [-0.4, -0.2) is 35.6 Å². The molecule has 3 nitrogen and oxygen atoms in total. The van der Waals surface area contributed by atoms with Crippen molar-refractivity contribution in [1.82, 2.24) is 0 Å². The SMILES string of the molecule is CC1CO1.CCCCCCCCCCC(O)CO. The molecular formula is C15H32O3. The van der Waals surface area contributed by atoms with Gasteiger partial charge in [-0.05, 0) is 13.3 Å². The van der Waals surface area contributed by atoms with Crippen LogP contribution in [0.1, 0.15) is 71.6 Å². The molecule has 1 aliphatic heterocycles.